The van der Waals surface area contributed by atoms with Crippen molar-refractivity contribution in [2.24, 2.45) is 0 Å². The van der Waals surface area contributed by atoms with Gasteiger partial charge >= 0.3 is 0 Å². The Morgan fingerprint density at radius 1 is 1.12 bits per heavy atom. The normalized spacial score (nSPS) is 12.4. The monoisotopic (exact) mass is 279 g/mol. The smallest absolute Gasteiger partial charge is 0.144 e. The summed E-state index contributed by atoms with van der Waals surface area (Å²) in [5, 5.41) is 0. The van der Waals surface area contributed by atoms with Crippen LogP contribution in [0.15, 0.2) is 48.7 Å². The molecule has 1 atom stereocenters. The number of nitrogens with zero attached hydrogens (tertiary/aromatic N) is 1. The van der Waals surface area contributed by atoms with Crippen molar-refractivity contribution in [1.82, 2.24) is 4.98 Å². The molecule has 1 aromatic heterocycles. The molecule has 1 heterocycles. The molecule has 0 saturated heterocycles. The number of halogens is 2. The second-order valence-corrected chi connectivity index (χ2v) is 4.62. The molecule has 0 spiro atoms. The quantitative estimate of drug-likeness (QED) is 0.777. The van der Waals surface area contributed by atoms with Crippen LogP contribution in [-0.2, 0) is 6.42 Å². The first-order valence-electron chi connectivity index (χ1n) is 5.06. The number of alkyl halides is 1. The van der Waals surface area contributed by atoms with Crippen molar-refractivity contribution in [1.29, 1.82) is 0 Å². The summed E-state index contributed by atoms with van der Waals surface area (Å²) < 4.78 is 13.4. The standard InChI is InChI=1S/C13H11BrFN/c14-11(10-5-2-1-3-6-10)9-13-12(15)7-4-8-16-13/h1-8,11H,9H2. The molecule has 0 radical (unpaired) electrons. The molecule has 1 aromatic carbocycles. The molecule has 0 aliphatic carbocycles. The predicted octanol–water partition coefficient (Wildman–Crippen LogP) is 3.90. The fourth-order valence-corrected chi connectivity index (χ4v) is 2.13. The van der Waals surface area contributed by atoms with Gasteiger partial charge in [0.15, 0.2) is 0 Å². The van der Waals surface area contributed by atoms with E-state index >= 15 is 0 Å². The van der Waals surface area contributed by atoms with E-state index in [1.165, 1.54) is 6.07 Å². The molecule has 1 nitrogen and oxygen atoms in total. The van der Waals surface area contributed by atoms with Crippen molar-refractivity contribution in [3.8, 4) is 0 Å². The minimum absolute atomic E-state index is 0.0955. The first kappa shape index (κ1) is 11.3. The van der Waals surface area contributed by atoms with Crippen LogP contribution >= 0.6 is 15.9 Å². The van der Waals surface area contributed by atoms with Crippen molar-refractivity contribution in [3.05, 3.63) is 65.7 Å². The first-order valence-corrected chi connectivity index (χ1v) is 5.97. The van der Waals surface area contributed by atoms with Crippen LogP contribution in [0.3, 0.4) is 0 Å². The average molecular weight is 280 g/mol. The molecule has 0 fully saturated rings. The van der Waals surface area contributed by atoms with Gasteiger partial charge in [-0.1, -0.05) is 46.3 Å². The molecule has 1 unspecified atom stereocenters. The molecule has 0 amide bonds. The lowest BCUT2D eigenvalue weighted by atomic mass is 10.1. The van der Waals surface area contributed by atoms with E-state index < -0.39 is 0 Å². The number of aromatic nitrogens is 1. The molecular weight excluding hydrogens is 269 g/mol. The van der Waals surface area contributed by atoms with Gasteiger partial charge in [0.25, 0.3) is 0 Å². The highest BCUT2D eigenvalue weighted by Gasteiger charge is 2.11. The second-order valence-electron chi connectivity index (χ2n) is 3.51. The highest BCUT2D eigenvalue weighted by atomic mass is 79.9. The maximum Gasteiger partial charge on any atom is 0.144 e. The van der Waals surface area contributed by atoms with E-state index in [4.69, 9.17) is 0 Å². The zero-order chi connectivity index (χ0) is 11.4. The number of hydrogen-bond acceptors (Lipinski definition) is 1. The molecule has 16 heavy (non-hydrogen) atoms. The van der Waals surface area contributed by atoms with Crippen LogP contribution in [0.4, 0.5) is 4.39 Å². The van der Waals surface area contributed by atoms with Gasteiger partial charge in [-0.3, -0.25) is 4.98 Å². The van der Waals surface area contributed by atoms with E-state index in [1.54, 1.807) is 12.3 Å². The molecule has 82 valence electrons. The van der Waals surface area contributed by atoms with Crippen LogP contribution in [-0.4, -0.2) is 4.98 Å². The van der Waals surface area contributed by atoms with E-state index in [1.807, 2.05) is 30.3 Å². The highest BCUT2D eigenvalue weighted by Crippen LogP contribution is 2.26. The zero-order valence-corrected chi connectivity index (χ0v) is 10.2. The topological polar surface area (TPSA) is 12.9 Å². The fourth-order valence-electron chi connectivity index (χ4n) is 1.52. The Kier molecular flexibility index (Phi) is 3.67. The Morgan fingerprint density at radius 2 is 1.88 bits per heavy atom. The molecule has 2 aromatic rings. The third kappa shape index (κ3) is 2.67. The van der Waals surface area contributed by atoms with Gasteiger partial charge in [-0.15, -0.1) is 0 Å². The fraction of sp³-hybridized carbons (Fsp3) is 0.154. The van der Waals surface area contributed by atoms with Gasteiger partial charge in [0.2, 0.25) is 0 Å². The van der Waals surface area contributed by atoms with Crippen LogP contribution < -0.4 is 0 Å². The van der Waals surface area contributed by atoms with E-state index in [0.717, 1.165) is 5.56 Å². The van der Waals surface area contributed by atoms with Crippen molar-refractivity contribution in [2.75, 3.05) is 0 Å². The minimum atomic E-state index is -0.247. The van der Waals surface area contributed by atoms with Gasteiger partial charge in [-0.2, -0.15) is 0 Å². The number of benzene rings is 1. The Bertz CT molecular complexity index is 458. The molecule has 0 bridgehead atoms. The summed E-state index contributed by atoms with van der Waals surface area (Å²) >= 11 is 3.55. The van der Waals surface area contributed by atoms with E-state index in [9.17, 15) is 4.39 Å². The van der Waals surface area contributed by atoms with Gasteiger partial charge < -0.3 is 0 Å². The van der Waals surface area contributed by atoms with Crippen LogP contribution in [0.25, 0.3) is 0 Å². The molecule has 3 heteroatoms. The van der Waals surface area contributed by atoms with Gasteiger partial charge in [0, 0.05) is 17.4 Å². The van der Waals surface area contributed by atoms with Gasteiger partial charge in [-0.25, -0.2) is 4.39 Å². The van der Waals surface area contributed by atoms with Crippen LogP contribution in [0, 0.1) is 5.82 Å². The summed E-state index contributed by atoms with van der Waals surface area (Å²) in [4.78, 5) is 4.13. The summed E-state index contributed by atoms with van der Waals surface area (Å²) in [6.45, 7) is 0. The maximum absolute atomic E-state index is 13.4. The summed E-state index contributed by atoms with van der Waals surface area (Å²) in [7, 11) is 0. The molecule has 0 N–H and O–H groups in total. The van der Waals surface area contributed by atoms with Crippen LogP contribution in [0.5, 0.6) is 0 Å². The maximum atomic E-state index is 13.4. The minimum Gasteiger partial charge on any atom is -0.258 e. The van der Waals surface area contributed by atoms with Crippen molar-refractivity contribution in [2.45, 2.75) is 11.2 Å². The van der Waals surface area contributed by atoms with Gasteiger partial charge in [0.05, 0.1) is 5.69 Å². The molecular formula is C13H11BrFN. The van der Waals surface area contributed by atoms with E-state index in [0.29, 0.717) is 12.1 Å². The molecule has 0 aliphatic heterocycles. The largest absolute Gasteiger partial charge is 0.258 e. The summed E-state index contributed by atoms with van der Waals surface area (Å²) in [6, 6.07) is 13.0. The number of hydrogen-bond donors (Lipinski definition) is 0. The van der Waals surface area contributed by atoms with Crippen LogP contribution in [0.1, 0.15) is 16.1 Å². The lowest BCUT2D eigenvalue weighted by Gasteiger charge is -2.09. The zero-order valence-electron chi connectivity index (χ0n) is 8.61. The molecule has 2 rings (SSSR count). The summed E-state index contributed by atoms with van der Waals surface area (Å²) in [5.74, 6) is -0.247. The van der Waals surface area contributed by atoms with Gasteiger partial charge in [0.1, 0.15) is 5.82 Å². The van der Waals surface area contributed by atoms with E-state index in [-0.39, 0.29) is 10.6 Å². The third-order valence-corrected chi connectivity index (χ3v) is 3.22. The third-order valence-electron chi connectivity index (χ3n) is 2.37. The lowest BCUT2D eigenvalue weighted by Crippen LogP contribution is -2.00. The SMILES string of the molecule is Fc1cccnc1CC(Br)c1ccccc1. The Balaban J connectivity index is 2.14. The van der Waals surface area contributed by atoms with E-state index in [2.05, 4.69) is 20.9 Å². The number of rotatable bonds is 3. The van der Waals surface area contributed by atoms with Crippen LogP contribution in [0.2, 0.25) is 0 Å². The number of pyridine rings is 1. The molecule has 0 aliphatic rings. The lowest BCUT2D eigenvalue weighted by molar-refractivity contribution is 0.597. The highest BCUT2D eigenvalue weighted by molar-refractivity contribution is 9.09. The summed E-state index contributed by atoms with van der Waals surface area (Å²) in [5.41, 5.74) is 1.63. The van der Waals surface area contributed by atoms with Gasteiger partial charge in [-0.05, 0) is 17.7 Å². The second kappa shape index (κ2) is 5.21. The summed E-state index contributed by atoms with van der Waals surface area (Å²) in [6.07, 6.45) is 2.17. The van der Waals surface area contributed by atoms with Crippen molar-refractivity contribution >= 4 is 15.9 Å². The Labute approximate surface area is 102 Å². The van der Waals surface area contributed by atoms with Crippen molar-refractivity contribution < 1.29 is 4.39 Å². The first-order chi connectivity index (χ1) is 7.77. The molecule has 0 saturated carbocycles. The average Bonchev–Trinajstić information content (AvgIpc) is 2.33. The Hall–Kier alpha value is -1.22. The predicted molar refractivity (Wildman–Crippen MR) is 66.0 cm³/mol. The Morgan fingerprint density at radius 3 is 2.56 bits per heavy atom. The van der Waals surface area contributed by atoms with Crippen molar-refractivity contribution in [3.63, 3.8) is 0 Å².